The van der Waals surface area contributed by atoms with E-state index in [2.05, 4.69) is 30.7 Å². The second kappa shape index (κ2) is 6.42. The molecule has 116 valence electrons. The van der Waals surface area contributed by atoms with Crippen molar-refractivity contribution < 1.29 is 9.32 Å². The zero-order valence-corrected chi connectivity index (χ0v) is 12.3. The van der Waals surface area contributed by atoms with Crippen LogP contribution in [0.2, 0.25) is 0 Å². The minimum absolute atomic E-state index is 0.0468. The number of urea groups is 1. The zero-order valence-electron chi connectivity index (χ0n) is 12.3. The van der Waals surface area contributed by atoms with Crippen molar-refractivity contribution >= 4 is 17.8 Å². The lowest BCUT2D eigenvalue weighted by molar-refractivity contribution is 0.246. The van der Waals surface area contributed by atoms with E-state index in [1.54, 1.807) is 31.5 Å². The van der Waals surface area contributed by atoms with E-state index in [0.29, 0.717) is 24.1 Å². The second-order valence-electron chi connectivity index (χ2n) is 5.26. The number of aromatic nitrogens is 3. The number of hydrogen-bond acceptors (Lipinski definition) is 6. The molecule has 8 nitrogen and oxygen atoms in total. The Balaban J connectivity index is 1.55. The van der Waals surface area contributed by atoms with Gasteiger partial charge < -0.3 is 14.7 Å². The van der Waals surface area contributed by atoms with Gasteiger partial charge in [-0.3, -0.25) is 5.32 Å². The number of rotatable bonds is 3. The lowest BCUT2D eigenvalue weighted by atomic mass is 10.1. The third kappa shape index (κ3) is 3.51. The van der Waals surface area contributed by atoms with Crippen LogP contribution in [0.4, 0.5) is 16.6 Å². The van der Waals surface area contributed by atoms with Gasteiger partial charge in [0, 0.05) is 37.6 Å². The number of amides is 2. The Morgan fingerprint density at radius 2 is 2.23 bits per heavy atom. The molecule has 1 aliphatic rings. The van der Waals surface area contributed by atoms with Gasteiger partial charge in [0.25, 0.3) is 0 Å². The quantitative estimate of drug-likeness (QED) is 0.893. The van der Waals surface area contributed by atoms with Crippen LogP contribution in [0.25, 0.3) is 0 Å². The van der Waals surface area contributed by atoms with Crippen molar-refractivity contribution in [1.82, 2.24) is 20.4 Å². The number of anilines is 2. The lowest BCUT2D eigenvalue weighted by Crippen LogP contribution is -2.49. The van der Waals surface area contributed by atoms with Crippen molar-refractivity contribution in [2.24, 2.45) is 0 Å². The van der Waals surface area contributed by atoms with Gasteiger partial charge in [-0.05, 0) is 25.8 Å². The molecule has 22 heavy (non-hydrogen) atoms. The molecule has 2 amide bonds. The molecule has 3 rings (SSSR count). The summed E-state index contributed by atoms with van der Waals surface area (Å²) in [4.78, 5) is 22.6. The summed E-state index contributed by atoms with van der Waals surface area (Å²) in [7, 11) is 0. The monoisotopic (exact) mass is 302 g/mol. The van der Waals surface area contributed by atoms with Crippen molar-refractivity contribution in [3.05, 3.63) is 30.3 Å². The minimum Gasteiger partial charge on any atom is -0.360 e. The Hall–Kier alpha value is -2.64. The predicted octanol–water partition coefficient (Wildman–Crippen LogP) is 1.56. The molecule has 0 bridgehead atoms. The van der Waals surface area contributed by atoms with Crippen molar-refractivity contribution in [1.29, 1.82) is 0 Å². The van der Waals surface area contributed by atoms with E-state index in [-0.39, 0.29) is 12.1 Å². The molecule has 2 aromatic heterocycles. The van der Waals surface area contributed by atoms with Crippen LogP contribution in [0, 0.1) is 6.92 Å². The van der Waals surface area contributed by atoms with Crippen LogP contribution in [0.3, 0.4) is 0 Å². The smallest absolute Gasteiger partial charge is 0.320 e. The van der Waals surface area contributed by atoms with Crippen molar-refractivity contribution in [2.45, 2.75) is 25.8 Å². The fourth-order valence-corrected chi connectivity index (χ4v) is 2.49. The number of carbonyl (C=O) groups excluding carboxylic acids is 1. The fourth-order valence-electron chi connectivity index (χ4n) is 2.49. The van der Waals surface area contributed by atoms with E-state index in [9.17, 15) is 4.79 Å². The van der Waals surface area contributed by atoms with Crippen LogP contribution in [0.5, 0.6) is 0 Å². The molecule has 3 heterocycles. The first-order valence-corrected chi connectivity index (χ1v) is 7.23. The Morgan fingerprint density at radius 3 is 2.95 bits per heavy atom. The maximum Gasteiger partial charge on any atom is 0.320 e. The normalized spacial score (nSPS) is 18.0. The van der Waals surface area contributed by atoms with E-state index in [0.717, 1.165) is 19.4 Å². The van der Waals surface area contributed by atoms with Gasteiger partial charge in [-0.15, -0.1) is 0 Å². The Bertz CT molecular complexity index is 629. The first-order chi connectivity index (χ1) is 10.7. The standard InChI is InChI=1S/C14H18N6O2/c1-10-8-12(19-22-10)18-14(21)17-11-4-2-7-20(9-11)13-15-5-3-6-16-13/h3,5-6,8,11H,2,4,7,9H2,1H3,(H2,17,18,19,21)/t11-/m0/s1. The summed E-state index contributed by atoms with van der Waals surface area (Å²) in [5, 5.41) is 9.34. The molecule has 8 heteroatoms. The third-order valence-electron chi connectivity index (χ3n) is 3.46. The molecule has 0 radical (unpaired) electrons. The van der Waals surface area contributed by atoms with Crippen LogP contribution >= 0.6 is 0 Å². The van der Waals surface area contributed by atoms with E-state index in [1.807, 2.05) is 0 Å². The van der Waals surface area contributed by atoms with E-state index < -0.39 is 0 Å². The third-order valence-corrected chi connectivity index (χ3v) is 3.46. The molecule has 1 atom stereocenters. The molecule has 0 saturated carbocycles. The maximum absolute atomic E-state index is 12.0. The van der Waals surface area contributed by atoms with E-state index in [1.165, 1.54) is 0 Å². The highest BCUT2D eigenvalue weighted by atomic mass is 16.5. The molecule has 2 aromatic rings. The summed E-state index contributed by atoms with van der Waals surface area (Å²) >= 11 is 0. The van der Waals surface area contributed by atoms with Crippen molar-refractivity contribution in [3.8, 4) is 0 Å². The number of nitrogens with one attached hydrogen (secondary N) is 2. The summed E-state index contributed by atoms with van der Waals surface area (Å²) < 4.78 is 4.91. The zero-order chi connectivity index (χ0) is 15.4. The summed E-state index contributed by atoms with van der Waals surface area (Å²) in [6.07, 6.45) is 5.35. The molecule has 0 unspecified atom stereocenters. The minimum atomic E-state index is -0.283. The van der Waals surface area contributed by atoms with Gasteiger partial charge in [-0.2, -0.15) is 0 Å². The predicted molar refractivity (Wildman–Crippen MR) is 80.7 cm³/mol. The van der Waals surface area contributed by atoms with E-state index >= 15 is 0 Å². The second-order valence-corrected chi connectivity index (χ2v) is 5.26. The molecule has 0 aromatic carbocycles. The highest BCUT2D eigenvalue weighted by Crippen LogP contribution is 2.15. The topological polar surface area (TPSA) is 96.2 Å². The number of carbonyl (C=O) groups is 1. The Morgan fingerprint density at radius 1 is 1.41 bits per heavy atom. The summed E-state index contributed by atoms with van der Waals surface area (Å²) in [5.41, 5.74) is 0. The first kappa shape index (κ1) is 14.3. The molecule has 1 fully saturated rings. The molecular weight excluding hydrogens is 284 g/mol. The fraction of sp³-hybridized carbons (Fsp3) is 0.429. The Labute approximate surface area is 127 Å². The number of piperidine rings is 1. The van der Waals surface area contributed by atoms with Crippen LogP contribution < -0.4 is 15.5 Å². The van der Waals surface area contributed by atoms with Crippen LogP contribution in [0.1, 0.15) is 18.6 Å². The van der Waals surface area contributed by atoms with Gasteiger partial charge in [0.15, 0.2) is 5.82 Å². The summed E-state index contributed by atoms with van der Waals surface area (Å²) in [5.74, 6) is 1.76. The van der Waals surface area contributed by atoms with Gasteiger partial charge in [0.05, 0.1) is 0 Å². The number of nitrogens with zero attached hydrogens (tertiary/aromatic N) is 4. The highest BCUT2D eigenvalue weighted by Gasteiger charge is 2.23. The molecule has 1 saturated heterocycles. The summed E-state index contributed by atoms with van der Waals surface area (Å²) in [6.45, 7) is 3.36. The van der Waals surface area contributed by atoms with Crippen LogP contribution in [-0.2, 0) is 0 Å². The van der Waals surface area contributed by atoms with Crippen molar-refractivity contribution in [2.75, 3.05) is 23.3 Å². The van der Waals surface area contributed by atoms with E-state index in [4.69, 9.17) is 4.52 Å². The molecule has 2 N–H and O–H groups in total. The Kier molecular flexibility index (Phi) is 4.17. The largest absolute Gasteiger partial charge is 0.360 e. The molecule has 0 aliphatic carbocycles. The molecule has 1 aliphatic heterocycles. The highest BCUT2D eigenvalue weighted by molar-refractivity contribution is 5.88. The van der Waals surface area contributed by atoms with Gasteiger partial charge >= 0.3 is 6.03 Å². The van der Waals surface area contributed by atoms with Crippen LogP contribution in [0.15, 0.2) is 29.0 Å². The van der Waals surface area contributed by atoms with Gasteiger partial charge in [0.2, 0.25) is 5.95 Å². The van der Waals surface area contributed by atoms with Gasteiger partial charge in [-0.25, -0.2) is 14.8 Å². The average molecular weight is 302 g/mol. The molecular formula is C14H18N6O2. The lowest BCUT2D eigenvalue weighted by Gasteiger charge is -2.32. The molecule has 0 spiro atoms. The van der Waals surface area contributed by atoms with Crippen LogP contribution in [-0.4, -0.2) is 40.3 Å². The maximum atomic E-state index is 12.0. The first-order valence-electron chi connectivity index (χ1n) is 7.23. The summed E-state index contributed by atoms with van der Waals surface area (Å²) in [6, 6.07) is 3.22. The number of aryl methyl sites for hydroxylation is 1. The van der Waals surface area contributed by atoms with Crippen molar-refractivity contribution in [3.63, 3.8) is 0 Å². The SMILES string of the molecule is Cc1cc(NC(=O)N[C@H]2CCCN(c3ncccn3)C2)no1. The van der Waals surface area contributed by atoms with Gasteiger partial charge in [0.1, 0.15) is 5.76 Å². The van der Waals surface area contributed by atoms with Gasteiger partial charge in [-0.1, -0.05) is 5.16 Å². The number of hydrogen-bond donors (Lipinski definition) is 2. The average Bonchev–Trinajstić information content (AvgIpc) is 2.93.